The summed E-state index contributed by atoms with van der Waals surface area (Å²) in [5, 5.41) is 7.93. The Morgan fingerprint density at radius 2 is 2.00 bits per heavy atom. The highest BCUT2D eigenvalue weighted by molar-refractivity contribution is 5.44. The smallest absolute Gasteiger partial charge is 0.204 e. The maximum Gasteiger partial charge on any atom is 0.204 e. The van der Waals surface area contributed by atoms with Gasteiger partial charge < -0.3 is 5.32 Å². The molecule has 1 atom stereocenters. The first-order chi connectivity index (χ1) is 10.4. The normalized spacial score (nSPS) is 12.4. The molecule has 1 unspecified atom stereocenters. The van der Waals surface area contributed by atoms with Gasteiger partial charge in [0.15, 0.2) is 0 Å². The molecule has 0 fully saturated rings. The molecule has 1 aromatic heterocycles. The fraction of sp³-hybridized carbons (Fsp3) is 0.444. The topological polar surface area (TPSA) is 46.9 Å². The Bertz CT molecular complexity index is 719. The molecule has 0 aliphatic carbocycles. The van der Waals surface area contributed by atoms with Crippen molar-refractivity contribution in [3.8, 4) is 5.69 Å². The van der Waals surface area contributed by atoms with E-state index in [2.05, 4.69) is 44.2 Å². The number of aryl methyl sites for hydroxylation is 2. The van der Waals surface area contributed by atoms with E-state index in [0.29, 0.717) is 18.3 Å². The number of nitrogens with zero attached hydrogens (tertiary/aromatic N) is 2. The van der Waals surface area contributed by atoms with E-state index in [4.69, 9.17) is 0 Å². The Kier molecular flexibility index (Phi) is 5.14. The summed E-state index contributed by atoms with van der Waals surface area (Å²) in [5.74, 6) is 0. The van der Waals surface area contributed by atoms with E-state index in [1.54, 1.807) is 6.07 Å². The van der Waals surface area contributed by atoms with Gasteiger partial charge in [-0.25, -0.2) is 4.68 Å². The molecule has 1 N–H and O–H groups in total. The van der Waals surface area contributed by atoms with Crippen LogP contribution in [0.2, 0.25) is 0 Å². The molecule has 0 spiro atoms. The zero-order valence-corrected chi connectivity index (χ0v) is 14.1. The molecule has 2 aromatic rings. The van der Waals surface area contributed by atoms with Gasteiger partial charge in [0.25, 0.3) is 0 Å². The number of hydrogen-bond donors (Lipinski definition) is 1. The fourth-order valence-corrected chi connectivity index (χ4v) is 2.33. The zero-order chi connectivity index (χ0) is 16.3. The van der Waals surface area contributed by atoms with Crippen molar-refractivity contribution in [2.75, 3.05) is 0 Å². The van der Waals surface area contributed by atoms with Crippen molar-refractivity contribution in [2.24, 2.45) is 0 Å². The minimum absolute atomic E-state index is 0.00476. The van der Waals surface area contributed by atoms with Crippen LogP contribution in [0.15, 0.2) is 29.1 Å². The summed E-state index contributed by atoms with van der Waals surface area (Å²) in [5.41, 5.74) is 4.84. The van der Waals surface area contributed by atoms with E-state index >= 15 is 0 Å². The number of rotatable bonds is 5. The summed E-state index contributed by atoms with van der Waals surface area (Å²) < 4.78 is 1.87. The van der Waals surface area contributed by atoms with Crippen LogP contribution in [0.1, 0.15) is 42.8 Å². The van der Waals surface area contributed by atoms with Crippen LogP contribution in [0.4, 0.5) is 0 Å². The molecule has 0 aliphatic heterocycles. The Hall–Kier alpha value is -1.94. The molecule has 4 heteroatoms. The average Bonchev–Trinajstić information content (AvgIpc) is 2.49. The highest BCUT2D eigenvalue weighted by atomic mass is 16.1. The molecule has 0 amide bonds. The first kappa shape index (κ1) is 16.4. The standard InChI is InChI=1S/C18H25N3O/c1-6-13(3)19-11-16-18(22)10-14(4)21(20-16)17-9-7-8-12(2)15(17)5/h7-10,13,19H,6,11H2,1-5H3. The minimum atomic E-state index is -0.00476. The molecule has 0 saturated heterocycles. The lowest BCUT2D eigenvalue weighted by Gasteiger charge is -2.16. The Balaban J connectivity index is 2.44. The maximum atomic E-state index is 12.2. The SMILES string of the molecule is CCC(C)NCc1nn(-c2cccc(C)c2C)c(C)cc1=O. The monoisotopic (exact) mass is 299 g/mol. The van der Waals surface area contributed by atoms with Gasteiger partial charge in [-0.2, -0.15) is 5.10 Å². The summed E-state index contributed by atoms with van der Waals surface area (Å²) in [7, 11) is 0. The van der Waals surface area contributed by atoms with E-state index < -0.39 is 0 Å². The number of hydrogen-bond acceptors (Lipinski definition) is 3. The number of nitrogens with one attached hydrogen (secondary N) is 1. The first-order valence-electron chi connectivity index (χ1n) is 7.83. The van der Waals surface area contributed by atoms with Gasteiger partial charge in [0.2, 0.25) is 5.43 Å². The molecule has 2 rings (SSSR count). The molecular formula is C18H25N3O. The van der Waals surface area contributed by atoms with Gasteiger partial charge in [0.1, 0.15) is 5.69 Å². The van der Waals surface area contributed by atoms with Gasteiger partial charge in [-0.15, -0.1) is 0 Å². The molecule has 0 bridgehead atoms. The lowest BCUT2D eigenvalue weighted by Crippen LogP contribution is -2.29. The van der Waals surface area contributed by atoms with Crippen LogP contribution in [-0.4, -0.2) is 15.8 Å². The van der Waals surface area contributed by atoms with Crippen LogP contribution in [0.5, 0.6) is 0 Å². The molecule has 4 nitrogen and oxygen atoms in total. The Morgan fingerprint density at radius 3 is 2.68 bits per heavy atom. The number of benzene rings is 1. The highest BCUT2D eigenvalue weighted by Gasteiger charge is 2.10. The van der Waals surface area contributed by atoms with Gasteiger partial charge in [0, 0.05) is 24.3 Å². The van der Waals surface area contributed by atoms with Crippen molar-refractivity contribution in [2.45, 2.75) is 53.6 Å². The Labute approximate surface area is 132 Å². The fourth-order valence-electron chi connectivity index (χ4n) is 2.33. The van der Waals surface area contributed by atoms with Crippen LogP contribution in [-0.2, 0) is 6.54 Å². The Morgan fingerprint density at radius 1 is 1.27 bits per heavy atom. The van der Waals surface area contributed by atoms with Crippen LogP contribution < -0.4 is 10.7 Å². The molecule has 22 heavy (non-hydrogen) atoms. The van der Waals surface area contributed by atoms with Crippen LogP contribution in [0, 0.1) is 20.8 Å². The zero-order valence-electron chi connectivity index (χ0n) is 14.1. The third-order valence-corrected chi connectivity index (χ3v) is 4.21. The molecule has 1 heterocycles. The van der Waals surface area contributed by atoms with Crippen molar-refractivity contribution in [3.63, 3.8) is 0 Å². The van der Waals surface area contributed by atoms with Crippen molar-refractivity contribution in [1.82, 2.24) is 15.1 Å². The molecular weight excluding hydrogens is 274 g/mol. The van der Waals surface area contributed by atoms with Crippen molar-refractivity contribution in [3.05, 3.63) is 57.0 Å². The van der Waals surface area contributed by atoms with E-state index in [-0.39, 0.29) is 5.43 Å². The van der Waals surface area contributed by atoms with E-state index in [1.807, 2.05) is 23.7 Å². The second-order valence-corrected chi connectivity index (χ2v) is 5.92. The third-order valence-electron chi connectivity index (χ3n) is 4.21. The molecule has 0 radical (unpaired) electrons. The lowest BCUT2D eigenvalue weighted by atomic mass is 10.1. The maximum absolute atomic E-state index is 12.2. The predicted molar refractivity (Wildman–Crippen MR) is 90.6 cm³/mol. The summed E-state index contributed by atoms with van der Waals surface area (Å²) in [6, 6.07) is 8.19. The molecule has 0 saturated carbocycles. The van der Waals surface area contributed by atoms with Gasteiger partial charge in [-0.1, -0.05) is 19.1 Å². The number of aromatic nitrogens is 2. The molecule has 1 aromatic carbocycles. The van der Waals surface area contributed by atoms with E-state index in [9.17, 15) is 4.79 Å². The summed E-state index contributed by atoms with van der Waals surface area (Å²) in [6.07, 6.45) is 1.02. The van der Waals surface area contributed by atoms with Crippen LogP contribution in [0.25, 0.3) is 5.69 Å². The highest BCUT2D eigenvalue weighted by Crippen LogP contribution is 2.17. The average molecular weight is 299 g/mol. The van der Waals surface area contributed by atoms with Gasteiger partial charge in [-0.3, -0.25) is 4.79 Å². The van der Waals surface area contributed by atoms with Crippen LogP contribution >= 0.6 is 0 Å². The van der Waals surface area contributed by atoms with Crippen molar-refractivity contribution in [1.29, 1.82) is 0 Å². The second-order valence-electron chi connectivity index (χ2n) is 5.92. The first-order valence-corrected chi connectivity index (χ1v) is 7.83. The summed E-state index contributed by atoms with van der Waals surface area (Å²) >= 11 is 0. The van der Waals surface area contributed by atoms with Crippen molar-refractivity contribution >= 4 is 0 Å². The third kappa shape index (κ3) is 3.45. The largest absolute Gasteiger partial charge is 0.308 e. The minimum Gasteiger partial charge on any atom is -0.308 e. The second kappa shape index (κ2) is 6.88. The van der Waals surface area contributed by atoms with Gasteiger partial charge >= 0.3 is 0 Å². The summed E-state index contributed by atoms with van der Waals surface area (Å²) in [6.45, 7) is 10.8. The van der Waals surface area contributed by atoms with E-state index in [0.717, 1.165) is 17.8 Å². The van der Waals surface area contributed by atoms with Gasteiger partial charge in [0.05, 0.1) is 5.69 Å². The molecule has 118 valence electrons. The summed E-state index contributed by atoms with van der Waals surface area (Å²) in [4.78, 5) is 12.2. The molecule has 0 aliphatic rings. The van der Waals surface area contributed by atoms with E-state index in [1.165, 1.54) is 11.1 Å². The van der Waals surface area contributed by atoms with Crippen molar-refractivity contribution < 1.29 is 0 Å². The predicted octanol–water partition coefficient (Wildman–Crippen LogP) is 3.05. The van der Waals surface area contributed by atoms with Gasteiger partial charge in [-0.05, 0) is 51.3 Å². The lowest BCUT2D eigenvalue weighted by molar-refractivity contribution is 0.521. The van der Waals surface area contributed by atoms with Crippen LogP contribution in [0.3, 0.4) is 0 Å². The quantitative estimate of drug-likeness (QED) is 0.923.